The minimum atomic E-state index is -2.85. The Morgan fingerprint density at radius 1 is 1.12 bits per heavy atom. The average molecular weight is 461 g/mol. The highest BCUT2D eigenvalue weighted by atomic mass is 19.3. The SMILES string of the molecule is COc1ccc([C@H]2C[C@H](NCc3cccc(OC(F)F)c3)C[C@@H]2C(=O)N2CCOCC2)cc1. The first-order valence-electron chi connectivity index (χ1n) is 11.3. The van der Waals surface area contributed by atoms with Crippen molar-refractivity contribution in [3.63, 3.8) is 0 Å². The number of nitrogens with one attached hydrogen (secondary N) is 1. The van der Waals surface area contributed by atoms with Gasteiger partial charge < -0.3 is 24.4 Å². The molecule has 3 atom stereocenters. The molecule has 4 rings (SSSR count). The van der Waals surface area contributed by atoms with Gasteiger partial charge in [-0.1, -0.05) is 24.3 Å². The number of nitrogens with zero attached hydrogens (tertiary/aromatic N) is 1. The van der Waals surface area contributed by atoms with Gasteiger partial charge in [0.05, 0.1) is 20.3 Å². The summed E-state index contributed by atoms with van der Waals surface area (Å²) in [5, 5.41) is 3.53. The van der Waals surface area contributed by atoms with E-state index in [2.05, 4.69) is 10.1 Å². The third-order valence-electron chi connectivity index (χ3n) is 6.46. The molecule has 1 heterocycles. The Bertz CT molecular complexity index is 919. The highest BCUT2D eigenvalue weighted by Gasteiger charge is 2.41. The van der Waals surface area contributed by atoms with Crippen LogP contribution in [0, 0.1) is 5.92 Å². The molecule has 178 valence electrons. The molecule has 2 aromatic rings. The Morgan fingerprint density at radius 3 is 2.58 bits per heavy atom. The molecule has 6 nitrogen and oxygen atoms in total. The minimum Gasteiger partial charge on any atom is -0.497 e. The van der Waals surface area contributed by atoms with E-state index in [-0.39, 0.29) is 29.5 Å². The van der Waals surface area contributed by atoms with Crippen LogP contribution in [0.5, 0.6) is 11.5 Å². The third kappa shape index (κ3) is 6.00. The molecule has 1 aliphatic carbocycles. The number of ether oxygens (including phenoxy) is 3. The molecule has 2 aliphatic rings. The lowest BCUT2D eigenvalue weighted by molar-refractivity contribution is -0.140. The smallest absolute Gasteiger partial charge is 0.387 e. The highest BCUT2D eigenvalue weighted by molar-refractivity contribution is 5.80. The lowest BCUT2D eigenvalue weighted by Gasteiger charge is -2.31. The number of carbonyl (C=O) groups is 1. The lowest BCUT2D eigenvalue weighted by atomic mass is 9.88. The number of halogens is 2. The molecule has 2 aromatic carbocycles. The van der Waals surface area contributed by atoms with Crippen molar-refractivity contribution in [3.8, 4) is 11.5 Å². The number of hydrogen-bond donors (Lipinski definition) is 1. The van der Waals surface area contributed by atoms with E-state index in [1.807, 2.05) is 35.2 Å². The second-order valence-corrected chi connectivity index (χ2v) is 8.50. The topological polar surface area (TPSA) is 60.0 Å². The molecular formula is C25H30F2N2O4. The van der Waals surface area contributed by atoms with Gasteiger partial charge in [0.1, 0.15) is 11.5 Å². The molecule has 0 radical (unpaired) electrons. The number of methoxy groups -OCH3 is 1. The first kappa shape index (κ1) is 23.4. The summed E-state index contributed by atoms with van der Waals surface area (Å²) in [6.07, 6.45) is 1.54. The molecule has 2 fully saturated rings. The van der Waals surface area contributed by atoms with Crippen molar-refractivity contribution in [1.29, 1.82) is 0 Å². The Kier molecular flexibility index (Phi) is 7.77. The maximum absolute atomic E-state index is 13.4. The fourth-order valence-electron chi connectivity index (χ4n) is 4.81. The number of alkyl halides is 2. The Hall–Kier alpha value is -2.71. The van der Waals surface area contributed by atoms with Crippen molar-refractivity contribution >= 4 is 5.91 Å². The number of benzene rings is 2. The Labute approximate surface area is 192 Å². The zero-order chi connectivity index (χ0) is 23.2. The van der Waals surface area contributed by atoms with Gasteiger partial charge >= 0.3 is 6.61 Å². The fourth-order valence-corrected chi connectivity index (χ4v) is 4.81. The van der Waals surface area contributed by atoms with Crippen LogP contribution in [0.25, 0.3) is 0 Å². The highest BCUT2D eigenvalue weighted by Crippen LogP contribution is 2.41. The molecule has 8 heteroatoms. The van der Waals surface area contributed by atoms with Crippen LogP contribution in [0.2, 0.25) is 0 Å². The normalized spacial score (nSPS) is 23.0. The first-order chi connectivity index (χ1) is 16.0. The molecular weight excluding hydrogens is 430 g/mol. The maximum Gasteiger partial charge on any atom is 0.387 e. The van der Waals surface area contributed by atoms with Gasteiger partial charge in [-0.3, -0.25) is 4.79 Å². The number of rotatable bonds is 8. The summed E-state index contributed by atoms with van der Waals surface area (Å²) in [6.45, 7) is 0.0628. The van der Waals surface area contributed by atoms with Gasteiger partial charge in [-0.05, 0) is 54.2 Å². The van der Waals surface area contributed by atoms with Gasteiger partial charge in [0.2, 0.25) is 5.91 Å². The van der Waals surface area contributed by atoms with Crippen LogP contribution in [0.1, 0.15) is 29.9 Å². The molecule has 1 aliphatic heterocycles. The van der Waals surface area contributed by atoms with Gasteiger partial charge in [-0.25, -0.2) is 0 Å². The summed E-state index contributed by atoms with van der Waals surface area (Å²) in [6, 6.07) is 14.8. The van der Waals surface area contributed by atoms with Crippen molar-refractivity contribution < 1.29 is 27.8 Å². The second-order valence-electron chi connectivity index (χ2n) is 8.50. The first-order valence-corrected chi connectivity index (χ1v) is 11.3. The van der Waals surface area contributed by atoms with Crippen LogP contribution < -0.4 is 14.8 Å². The van der Waals surface area contributed by atoms with E-state index in [1.54, 1.807) is 19.2 Å². The van der Waals surface area contributed by atoms with E-state index in [0.29, 0.717) is 32.8 Å². The van der Waals surface area contributed by atoms with Crippen LogP contribution in [-0.2, 0) is 16.1 Å². The zero-order valence-electron chi connectivity index (χ0n) is 18.7. The quantitative estimate of drug-likeness (QED) is 0.649. The van der Waals surface area contributed by atoms with Gasteiger partial charge in [-0.2, -0.15) is 8.78 Å². The molecule has 33 heavy (non-hydrogen) atoms. The predicted molar refractivity (Wildman–Crippen MR) is 120 cm³/mol. The number of hydrogen-bond acceptors (Lipinski definition) is 5. The third-order valence-corrected chi connectivity index (χ3v) is 6.46. The van der Waals surface area contributed by atoms with E-state index in [4.69, 9.17) is 9.47 Å². The molecule has 0 aromatic heterocycles. The maximum atomic E-state index is 13.4. The second kappa shape index (κ2) is 10.9. The number of morpholine rings is 1. The van der Waals surface area contributed by atoms with Crippen molar-refractivity contribution in [2.45, 2.75) is 38.0 Å². The van der Waals surface area contributed by atoms with Crippen LogP contribution in [0.4, 0.5) is 8.78 Å². The Morgan fingerprint density at radius 2 is 1.88 bits per heavy atom. The largest absolute Gasteiger partial charge is 0.497 e. The van der Waals surface area contributed by atoms with Gasteiger partial charge in [0, 0.05) is 31.6 Å². The van der Waals surface area contributed by atoms with Crippen LogP contribution in [0.15, 0.2) is 48.5 Å². The molecule has 1 saturated heterocycles. The standard InChI is InChI=1S/C25H30F2N2O4/c1-31-20-7-5-18(6-8-20)22-14-19(15-23(22)24(30)29-9-11-32-12-10-29)28-16-17-3-2-4-21(13-17)33-25(26)27/h2-8,13,19,22-23,25,28H,9-12,14-16H2,1H3/t19-,22+,23-/m0/s1. The Balaban J connectivity index is 1.46. The average Bonchev–Trinajstić information content (AvgIpc) is 3.27. The number of carbonyl (C=O) groups excluding carboxylic acids is 1. The molecule has 1 saturated carbocycles. The van der Waals surface area contributed by atoms with Gasteiger partial charge in [-0.15, -0.1) is 0 Å². The number of amides is 1. The predicted octanol–water partition coefficient (Wildman–Crippen LogP) is 3.81. The fraction of sp³-hybridized carbons (Fsp3) is 0.480. The van der Waals surface area contributed by atoms with Crippen molar-refractivity contribution in [1.82, 2.24) is 10.2 Å². The van der Waals surface area contributed by atoms with E-state index in [9.17, 15) is 13.6 Å². The van der Waals surface area contributed by atoms with E-state index < -0.39 is 6.61 Å². The summed E-state index contributed by atoms with van der Waals surface area (Å²) in [4.78, 5) is 15.3. The van der Waals surface area contributed by atoms with E-state index in [1.165, 1.54) is 6.07 Å². The van der Waals surface area contributed by atoms with Crippen LogP contribution in [0.3, 0.4) is 0 Å². The molecule has 0 spiro atoms. The van der Waals surface area contributed by atoms with Gasteiger partial charge in [0.25, 0.3) is 0 Å². The summed E-state index contributed by atoms with van der Waals surface area (Å²) < 4.78 is 40.2. The van der Waals surface area contributed by atoms with Crippen molar-refractivity contribution in [3.05, 3.63) is 59.7 Å². The van der Waals surface area contributed by atoms with Crippen LogP contribution >= 0.6 is 0 Å². The van der Waals surface area contributed by atoms with Crippen LogP contribution in [-0.4, -0.2) is 56.9 Å². The summed E-state index contributed by atoms with van der Waals surface area (Å²) >= 11 is 0. The van der Waals surface area contributed by atoms with Crippen molar-refractivity contribution in [2.24, 2.45) is 5.92 Å². The lowest BCUT2D eigenvalue weighted by Crippen LogP contribution is -2.44. The molecule has 0 bridgehead atoms. The molecule has 1 amide bonds. The van der Waals surface area contributed by atoms with Gasteiger partial charge in [0.15, 0.2) is 0 Å². The monoisotopic (exact) mass is 460 g/mol. The molecule has 1 N–H and O–H groups in total. The summed E-state index contributed by atoms with van der Waals surface area (Å²) in [5.41, 5.74) is 1.98. The van der Waals surface area contributed by atoms with Crippen molar-refractivity contribution in [2.75, 3.05) is 33.4 Å². The van der Waals surface area contributed by atoms with E-state index in [0.717, 1.165) is 29.7 Å². The minimum absolute atomic E-state index is 0.0947. The zero-order valence-corrected chi connectivity index (χ0v) is 18.7. The molecule has 0 unspecified atom stereocenters. The van der Waals surface area contributed by atoms with E-state index >= 15 is 0 Å². The summed E-state index contributed by atoms with van der Waals surface area (Å²) in [7, 11) is 1.64. The summed E-state index contributed by atoms with van der Waals surface area (Å²) in [5.74, 6) is 1.08.